The van der Waals surface area contributed by atoms with Gasteiger partial charge in [0.25, 0.3) is 5.91 Å². The Bertz CT molecular complexity index is 827. The van der Waals surface area contributed by atoms with Crippen LogP contribution in [0.3, 0.4) is 0 Å². The molecule has 0 saturated carbocycles. The van der Waals surface area contributed by atoms with E-state index in [0.717, 1.165) is 0 Å². The lowest BCUT2D eigenvalue weighted by Gasteiger charge is -2.12. The molecule has 3 rings (SSSR count). The van der Waals surface area contributed by atoms with Crippen LogP contribution in [0.5, 0.6) is 11.5 Å². The molecule has 0 fully saturated rings. The summed E-state index contributed by atoms with van der Waals surface area (Å²) >= 11 is 6.14. The van der Waals surface area contributed by atoms with E-state index in [2.05, 4.69) is 10.9 Å². The van der Waals surface area contributed by atoms with Crippen molar-refractivity contribution in [2.75, 3.05) is 13.2 Å². The van der Waals surface area contributed by atoms with Crippen LogP contribution in [0.2, 0.25) is 5.02 Å². The average Bonchev–Trinajstić information content (AvgIpc) is 2.87. The summed E-state index contributed by atoms with van der Waals surface area (Å²) in [6.45, 7) is 0.945. The minimum atomic E-state index is -0.546. The van der Waals surface area contributed by atoms with Crippen molar-refractivity contribution in [1.82, 2.24) is 10.9 Å². The average molecular weight is 379 g/mol. The van der Waals surface area contributed by atoms with E-state index in [1.165, 1.54) is 36.4 Å². The highest BCUT2D eigenvalue weighted by Gasteiger charge is 2.18. The molecular weight excluding hydrogens is 363 g/mol. The van der Waals surface area contributed by atoms with E-state index in [1.54, 1.807) is 0 Å². The number of ether oxygens (including phenoxy) is 2. The molecule has 1 aliphatic heterocycles. The number of hydrogen-bond acceptors (Lipinski definition) is 4. The zero-order valence-corrected chi connectivity index (χ0v) is 14.4. The van der Waals surface area contributed by atoms with Crippen molar-refractivity contribution >= 4 is 23.4 Å². The van der Waals surface area contributed by atoms with Crippen LogP contribution in [0.4, 0.5) is 4.39 Å². The molecule has 0 radical (unpaired) electrons. The van der Waals surface area contributed by atoms with E-state index in [1.807, 2.05) is 0 Å². The molecule has 0 aromatic heterocycles. The van der Waals surface area contributed by atoms with Gasteiger partial charge in [0.1, 0.15) is 5.82 Å². The standard InChI is InChI=1S/C18H16ClFN2O4/c19-14-9-12(10-15-17(14)26-7-1-6-25-15)18(24)22-21-16(23)8-11-2-4-13(20)5-3-11/h2-5,9-10H,1,6-8H2,(H,21,23)(H,22,24). The Kier molecular flexibility index (Phi) is 5.58. The van der Waals surface area contributed by atoms with Gasteiger partial charge >= 0.3 is 0 Å². The summed E-state index contributed by atoms with van der Waals surface area (Å²) in [5.74, 6) is -0.576. The molecule has 1 heterocycles. The molecule has 136 valence electrons. The maximum absolute atomic E-state index is 12.9. The predicted molar refractivity (Wildman–Crippen MR) is 92.8 cm³/mol. The summed E-state index contributed by atoms with van der Waals surface area (Å²) in [4.78, 5) is 24.1. The number of benzene rings is 2. The maximum atomic E-state index is 12.9. The van der Waals surface area contributed by atoms with Crippen LogP contribution in [0.1, 0.15) is 22.3 Å². The Balaban J connectivity index is 1.61. The highest BCUT2D eigenvalue weighted by molar-refractivity contribution is 6.32. The van der Waals surface area contributed by atoms with Crippen molar-refractivity contribution in [3.63, 3.8) is 0 Å². The molecule has 0 spiro atoms. The molecule has 2 aromatic carbocycles. The third-order valence-corrected chi connectivity index (χ3v) is 3.94. The van der Waals surface area contributed by atoms with Gasteiger partial charge in [0.15, 0.2) is 11.5 Å². The van der Waals surface area contributed by atoms with Gasteiger partial charge in [0.2, 0.25) is 5.91 Å². The van der Waals surface area contributed by atoms with E-state index < -0.39 is 11.8 Å². The van der Waals surface area contributed by atoms with Crippen LogP contribution in [-0.4, -0.2) is 25.0 Å². The van der Waals surface area contributed by atoms with Gasteiger partial charge in [0, 0.05) is 12.0 Å². The lowest BCUT2D eigenvalue weighted by Crippen LogP contribution is -2.42. The number of hydrogen-bond donors (Lipinski definition) is 2. The zero-order chi connectivity index (χ0) is 18.5. The van der Waals surface area contributed by atoms with Gasteiger partial charge < -0.3 is 9.47 Å². The topological polar surface area (TPSA) is 76.7 Å². The molecule has 0 saturated heterocycles. The van der Waals surface area contributed by atoms with Crippen LogP contribution >= 0.6 is 11.6 Å². The summed E-state index contributed by atoms with van der Waals surface area (Å²) < 4.78 is 23.9. The second kappa shape index (κ2) is 8.05. The Morgan fingerprint density at radius 3 is 2.58 bits per heavy atom. The Morgan fingerprint density at radius 1 is 1.08 bits per heavy atom. The van der Waals surface area contributed by atoms with Crippen molar-refractivity contribution in [2.24, 2.45) is 0 Å². The molecule has 6 nitrogen and oxygen atoms in total. The first-order valence-electron chi connectivity index (χ1n) is 7.95. The lowest BCUT2D eigenvalue weighted by molar-refractivity contribution is -0.121. The van der Waals surface area contributed by atoms with Gasteiger partial charge in [-0.3, -0.25) is 20.4 Å². The first-order valence-corrected chi connectivity index (χ1v) is 8.33. The molecule has 2 N–H and O–H groups in total. The van der Waals surface area contributed by atoms with Crippen LogP contribution in [0.15, 0.2) is 36.4 Å². The molecule has 1 aliphatic rings. The van der Waals surface area contributed by atoms with Crippen molar-refractivity contribution < 1.29 is 23.5 Å². The summed E-state index contributed by atoms with van der Waals surface area (Å²) in [6.07, 6.45) is 0.717. The fourth-order valence-electron chi connectivity index (χ4n) is 2.39. The number of carbonyl (C=O) groups is 2. The second-order valence-corrected chi connectivity index (χ2v) is 6.05. The van der Waals surface area contributed by atoms with Gasteiger partial charge in [-0.25, -0.2) is 4.39 Å². The molecular formula is C18H16ClFN2O4. The SMILES string of the molecule is O=C(Cc1ccc(F)cc1)NNC(=O)c1cc(Cl)c2c(c1)OCCCO2. The fraction of sp³-hybridized carbons (Fsp3) is 0.222. The van der Waals surface area contributed by atoms with Crippen molar-refractivity contribution in [3.05, 3.63) is 58.4 Å². The van der Waals surface area contributed by atoms with E-state index >= 15 is 0 Å². The normalized spacial score (nSPS) is 12.8. The Hall–Kier alpha value is -2.80. The van der Waals surface area contributed by atoms with E-state index in [-0.39, 0.29) is 22.8 Å². The number of carbonyl (C=O) groups excluding carboxylic acids is 2. The highest BCUT2D eigenvalue weighted by Crippen LogP contribution is 2.37. The largest absolute Gasteiger partial charge is 0.489 e. The quantitative estimate of drug-likeness (QED) is 0.805. The van der Waals surface area contributed by atoms with Gasteiger partial charge in [-0.2, -0.15) is 0 Å². The Labute approximate surface area is 154 Å². The highest BCUT2D eigenvalue weighted by atomic mass is 35.5. The molecule has 2 amide bonds. The minimum Gasteiger partial charge on any atom is -0.489 e. The molecule has 8 heteroatoms. The van der Waals surface area contributed by atoms with E-state index in [9.17, 15) is 14.0 Å². The van der Waals surface area contributed by atoms with Gasteiger partial charge in [0.05, 0.1) is 24.7 Å². The number of halogens is 2. The maximum Gasteiger partial charge on any atom is 0.269 e. The number of amides is 2. The summed E-state index contributed by atoms with van der Waals surface area (Å²) in [7, 11) is 0. The molecule has 26 heavy (non-hydrogen) atoms. The fourth-order valence-corrected chi connectivity index (χ4v) is 2.66. The lowest BCUT2D eigenvalue weighted by atomic mass is 10.1. The first kappa shape index (κ1) is 18.0. The van der Waals surface area contributed by atoms with Gasteiger partial charge in [-0.15, -0.1) is 0 Å². The van der Waals surface area contributed by atoms with Crippen molar-refractivity contribution in [1.29, 1.82) is 0 Å². The van der Waals surface area contributed by atoms with Gasteiger partial charge in [-0.05, 0) is 29.8 Å². The molecule has 0 aliphatic carbocycles. The predicted octanol–water partition coefficient (Wildman–Crippen LogP) is 2.64. The smallest absolute Gasteiger partial charge is 0.269 e. The summed E-state index contributed by atoms with van der Waals surface area (Å²) in [5.41, 5.74) is 5.47. The van der Waals surface area contributed by atoms with Crippen molar-refractivity contribution in [3.8, 4) is 11.5 Å². The molecule has 0 bridgehead atoms. The molecule has 0 atom stereocenters. The molecule has 0 unspecified atom stereocenters. The van der Waals surface area contributed by atoms with E-state index in [4.69, 9.17) is 21.1 Å². The van der Waals surface area contributed by atoms with Crippen molar-refractivity contribution in [2.45, 2.75) is 12.8 Å². The summed E-state index contributed by atoms with van der Waals surface area (Å²) in [5, 5.41) is 0.257. The van der Waals surface area contributed by atoms with Crippen LogP contribution in [0.25, 0.3) is 0 Å². The van der Waals surface area contributed by atoms with E-state index in [0.29, 0.717) is 36.7 Å². The molecule has 2 aromatic rings. The number of rotatable bonds is 3. The third-order valence-electron chi connectivity index (χ3n) is 3.66. The monoisotopic (exact) mass is 378 g/mol. The first-order chi connectivity index (χ1) is 12.5. The number of nitrogens with one attached hydrogen (secondary N) is 2. The minimum absolute atomic E-state index is 0.00244. The van der Waals surface area contributed by atoms with Gasteiger partial charge in [-0.1, -0.05) is 23.7 Å². The summed E-state index contributed by atoms with van der Waals surface area (Å²) in [6, 6.07) is 8.48. The number of hydrazine groups is 1. The van der Waals surface area contributed by atoms with Crippen LogP contribution in [-0.2, 0) is 11.2 Å². The van der Waals surface area contributed by atoms with Crippen LogP contribution in [0, 0.1) is 5.82 Å². The zero-order valence-electron chi connectivity index (χ0n) is 13.7. The third kappa shape index (κ3) is 4.43. The van der Waals surface area contributed by atoms with Crippen LogP contribution < -0.4 is 20.3 Å². The second-order valence-electron chi connectivity index (χ2n) is 5.64. The number of fused-ring (bicyclic) bond motifs is 1. The Morgan fingerprint density at radius 2 is 1.81 bits per heavy atom.